The topological polar surface area (TPSA) is 119 Å². The molecule has 0 radical (unpaired) electrons. The van der Waals surface area contributed by atoms with E-state index in [1.54, 1.807) is 18.2 Å². The molecular weight excluding hydrogens is 464 g/mol. The van der Waals surface area contributed by atoms with Gasteiger partial charge in [0.15, 0.2) is 12.4 Å². The second-order valence-electron chi connectivity index (χ2n) is 5.96. The van der Waals surface area contributed by atoms with E-state index < -0.39 is 28.6 Å². The first-order valence-electron chi connectivity index (χ1n) is 8.45. The maximum atomic E-state index is 12.4. The van der Waals surface area contributed by atoms with E-state index in [2.05, 4.69) is 25.8 Å². The summed E-state index contributed by atoms with van der Waals surface area (Å²) < 4.78 is 37.8. The molecule has 1 atom stereocenters. The molecule has 1 aromatic heterocycles. The van der Waals surface area contributed by atoms with Gasteiger partial charge in [-0.1, -0.05) is 51.4 Å². The number of hydrogen-bond acceptors (Lipinski definition) is 7. The first-order valence-corrected chi connectivity index (χ1v) is 10.7. The fraction of sp³-hybridized carbons (Fsp3) is 0.158. The number of carbonyl (C=O) groups is 1. The number of ether oxygens (including phenoxy) is 1. The van der Waals surface area contributed by atoms with Crippen LogP contribution in [0.15, 0.2) is 74.6 Å². The lowest BCUT2D eigenvalue weighted by molar-refractivity contribution is -0.148. The summed E-state index contributed by atoms with van der Waals surface area (Å²) >= 11 is 3.22. The van der Waals surface area contributed by atoms with Gasteiger partial charge in [0.1, 0.15) is 11.7 Å². The molecule has 2 aromatic carbocycles. The normalized spacial score (nSPS) is 12.5. The Morgan fingerprint density at radius 1 is 1.17 bits per heavy atom. The van der Waals surface area contributed by atoms with Gasteiger partial charge in [-0.25, -0.2) is 8.42 Å². The van der Waals surface area contributed by atoms with Crippen LogP contribution < -0.4 is 4.72 Å². The van der Waals surface area contributed by atoms with Gasteiger partial charge in [-0.05, 0) is 24.3 Å². The molecule has 0 bridgehead atoms. The molecule has 0 aliphatic rings. The van der Waals surface area contributed by atoms with Gasteiger partial charge < -0.3 is 14.4 Å². The quantitative estimate of drug-likeness (QED) is 0.475. The summed E-state index contributed by atoms with van der Waals surface area (Å²) in [7, 11) is -4.02. The van der Waals surface area contributed by atoms with Crippen LogP contribution in [0.25, 0.3) is 11.3 Å². The van der Waals surface area contributed by atoms with Crippen LogP contribution in [0.5, 0.6) is 0 Å². The molecule has 3 rings (SSSR count). The van der Waals surface area contributed by atoms with Gasteiger partial charge >= 0.3 is 5.97 Å². The van der Waals surface area contributed by atoms with Crippen molar-refractivity contribution < 1.29 is 27.6 Å². The number of carbonyl (C=O) groups excluding carboxylic acids is 1. The fourth-order valence-electron chi connectivity index (χ4n) is 2.40. The Balaban J connectivity index is 1.61. The Labute approximate surface area is 175 Å². The zero-order chi connectivity index (χ0) is 20.9. The maximum absolute atomic E-state index is 12.4. The van der Waals surface area contributed by atoms with Crippen molar-refractivity contribution in [2.24, 2.45) is 0 Å². The van der Waals surface area contributed by atoms with E-state index in [1.807, 2.05) is 30.3 Å². The third-order valence-corrected chi connectivity index (χ3v) is 5.89. The van der Waals surface area contributed by atoms with E-state index in [-0.39, 0.29) is 17.3 Å². The smallest absolute Gasteiger partial charge is 0.327 e. The standard InChI is InChI=1S/C19H17BrN2O6S/c20-14-6-8-16(9-7-14)29(25,26)22-18(11-23)19(24)27-12-15-10-17(21-28-15)13-4-2-1-3-5-13/h1-10,18,22-23H,11-12H2. The Bertz CT molecular complexity index is 1070. The van der Waals surface area contributed by atoms with Crippen LogP contribution >= 0.6 is 15.9 Å². The Kier molecular flexibility index (Phi) is 6.80. The maximum Gasteiger partial charge on any atom is 0.327 e. The van der Waals surface area contributed by atoms with Crippen molar-refractivity contribution in [1.29, 1.82) is 0 Å². The Morgan fingerprint density at radius 3 is 2.52 bits per heavy atom. The summed E-state index contributed by atoms with van der Waals surface area (Å²) in [4.78, 5) is 12.2. The number of sulfonamides is 1. The minimum atomic E-state index is -4.02. The van der Waals surface area contributed by atoms with Crippen molar-refractivity contribution in [3.05, 3.63) is 70.9 Å². The summed E-state index contributed by atoms with van der Waals surface area (Å²) in [6.07, 6.45) is 0. The molecule has 0 fully saturated rings. The Hall–Kier alpha value is -2.53. The molecule has 152 valence electrons. The number of aromatic nitrogens is 1. The van der Waals surface area contributed by atoms with Crippen LogP contribution in [0.2, 0.25) is 0 Å². The number of hydrogen-bond donors (Lipinski definition) is 2. The molecule has 10 heteroatoms. The van der Waals surface area contributed by atoms with Crippen LogP contribution in [0, 0.1) is 0 Å². The molecule has 3 aromatic rings. The lowest BCUT2D eigenvalue weighted by atomic mass is 10.1. The van der Waals surface area contributed by atoms with Crippen molar-refractivity contribution in [1.82, 2.24) is 9.88 Å². The highest BCUT2D eigenvalue weighted by atomic mass is 79.9. The molecule has 0 aliphatic carbocycles. The zero-order valence-electron chi connectivity index (χ0n) is 15.0. The zero-order valence-corrected chi connectivity index (χ0v) is 17.4. The second kappa shape index (κ2) is 9.31. The van der Waals surface area contributed by atoms with Crippen LogP contribution in [-0.2, 0) is 26.2 Å². The number of nitrogens with one attached hydrogen (secondary N) is 1. The number of rotatable bonds is 8. The lowest BCUT2D eigenvalue weighted by Crippen LogP contribution is -2.44. The number of halogens is 1. The molecule has 1 unspecified atom stereocenters. The van der Waals surface area contributed by atoms with Gasteiger partial charge in [-0.15, -0.1) is 0 Å². The number of esters is 1. The summed E-state index contributed by atoms with van der Waals surface area (Å²) in [6.45, 7) is -1.02. The van der Waals surface area contributed by atoms with Crippen molar-refractivity contribution in [3.63, 3.8) is 0 Å². The van der Waals surface area contributed by atoms with E-state index in [9.17, 15) is 18.3 Å². The van der Waals surface area contributed by atoms with E-state index in [4.69, 9.17) is 9.26 Å². The van der Waals surface area contributed by atoms with E-state index in [0.29, 0.717) is 10.2 Å². The van der Waals surface area contributed by atoms with Crippen LogP contribution in [0.1, 0.15) is 5.76 Å². The highest BCUT2D eigenvalue weighted by molar-refractivity contribution is 9.10. The van der Waals surface area contributed by atoms with Gasteiger partial charge in [-0.3, -0.25) is 4.79 Å². The third-order valence-electron chi connectivity index (χ3n) is 3.87. The molecule has 1 heterocycles. The Morgan fingerprint density at radius 2 is 1.86 bits per heavy atom. The van der Waals surface area contributed by atoms with Gasteiger partial charge in [0.25, 0.3) is 0 Å². The van der Waals surface area contributed by atoms with Crippen molar-refractivity contribution in [2.75, 3.05) is 6.61 Å². The summed E-state index contributed by atoms with van der Waals surface area (Å²) in [5.74, 6) is -0.657. The molecule has 8 nitrogen and oxygen atoms in total. The highest BCUT2D eigenvalue weighted by Crippen LogP contribution is 2.19. The van der Waals surface area contributed by atoms with Crippen LogP contribution in [0.4, 0.5) is 0 Å². The number of nitrogens with zero attached hydrogens (tertiary/aromatic N) is 1. The third kappa shape index (κ3) is 5.51. The predicted octanol–water partition coefficient (Wildman–Crippen LogP) is 2.49. The second-order valence-corrected chi connectivity index (χ2v) is 8.59. The largest absolute Gasteiger partial charge is 0.456 e. The molecule has 0 saturated heterocycles. The number of aliphatic hydroxyl groups excluding tert-OH is 1. The molecular formula is C19H17BrN2O6S. The van der Waals surface area contributed by atoms with Crippen LogP contribution in [-0.4, -0.2) is 37.3 Å². The minimum Gasteiger partial charge on any atom is -0.456 e. The molecule has 0 saturated carbocycles. The van der Waals surface area contributed by atoms with E-state index in [1.165, 1.54) is 12.1 Å². The average Bonchev–Trinajstić information content (AvgIpc) is 3.20. The van der Waals surface area contributed by atoms with Crippen LogP contribution in [0.3, 0.4) is 0 Å². The number of benzene rings is 2. The summed E-state index contributed by atoms with van der Waals surface area (Å²) in [5, 5.41) is 13.3. The fourth-order valence-corrected chi connectivity index (χ4v) is 3.84. The highest BCUT2D eigenvalue weighted by Gasteiger charge is 2.26. The first kappa shape index (κ1) is 21.2. The van der Waals surface area contributed by atoms with Gasteiger partial charge in [0, 0.05) is 16.1 Å². The van der Waals surface area contributed by atoms with E-state index in [0.717, 1.165) is 5.56 Å². The van der Waals surface area contributed by atoms with Crippen molar-refractivity contribution >= 4 is 31.9 Å². The minimum absolute atomic E-state index is 0.0466. The lowest BCUT2D eigenvalue weighted by Gasteiger charge is -2.15. The molecule has 0 aliphatic heterocycles. The van der Waals surface area contributed by atoms with Gasteiger partial charge in [0.05, 0.1) is 11.5 Å². The average molecular weight is 481 g/mol. The first-order chi connectivity index (χ1) is 13.9. The van der Waals surface area contributed by atoms with E-state index >= 15 is 0 Å². The molecule has 0 amide bonds. The SMILES string of the molecule is O=C(OCc1cc(-c2ccccc2)no1)C(CO)NS(=O)(=O)c1ccc(Br)cc1. The predicted molar refractivity (Wildman–Crippen MR) is 107 cm³/mol. The molecule has 0 spiro atoms. The van der Waals surface area contributed by atoms with Gasteiger partial charge in [0.2, 0.25) is 10.0 Å². The monoisotopic (exact) mass is 480 g/mol. The summed E-state index contributed by atoms with van der Waals surface area (Å²) in [5.41, 5.74) is 1.41. The van der Waals surface area contributed by atoms with Crippen molar-refractivity contribution in [2.45, 2.75) is 17.5 Å². The summed E-state index contributed by atoms with van der Waals surface area (Å²) in [6, 6.07) is 15.3. The van der Waals surface area contributed by atoms with Crippen molar-refractivity contribution in [3.8, 4) is 11.3 Å². The van der Waals surface area contributed by atoms with Gasteiger partial charge in [-0.2, -0.15) is 4.72 Å². The number of aliphatic hydroxyl groups is 1. The molecule has 2 N–H and O–H groups in total. The molecule has 29 heavy (non-hydrogen) atoms.